The van der Waals surface area contributed by atoms with Crippen LogP contribution in [0, 0.1) is 0 Å². The van der Waals surface area contributed by atoms with Gasteiger partial charge < -0.3 is 9.05 Å². The molecule has 86 valence electrons. The fourth-order valence-corrected chi connectivity index (χ4v) is 1.03. The largest absolute Gasteiger partial charge is 0.464 e. The molecule has 0 spiro atoms. The molecule has 0 aromatic carbocycles. The number of ether oxygens (including phenoxy) is 1. The monoisotopic (exact) mass is 226 g/mol. The van der Waals surface area contributed by atoms with Crippen molar-refractivity contribution in [1.82, 2.24) is 9.69 Å². The molecule has 0 saturated carbocycles. The molecule has 0 aliphatic carbocycles. The van der Waals surface area contributed by atoms with Crippen LogP contribution in [0.3, 0.4) is 0 Å². The SMILES string of the molecule is [2H]Bc1cc(NC(=O)OC(C)(C)C)nn1BF. The van der Waals surface area contributed by atoms with Crippen molar-refractivity contribution in [3.63, 3.8) is 0 Å². The van der Waals surface area contributed by atoms with E-state index in [-0.39, 0.29) is 13.6 Å². The Morgan fingerprint density at radius 3 is 2.94 bits per heavy atom. The second-order valence-electron chi connectivity index (χ2n) is 4.27. The normalized spacial score (nSPS) is 11.6. The molecular weight excluding hydrogens is 211 g/mol. The first-order valence-corrected chi connectivity index (χ1v) is 4.77. The number of carbonyl (C=O) groups is 1. The van der Waals surface area contributed by atoms with E-state index in [1.54, 1.807) is 20.8 Å². The molecule has 0 radical (unpaired) electrons. The number of nitrogens with zero attached hydrogens (tertiary/aromatic N) is 2. The van der Waals surface area contributed by atoms with Gasteiger partial charge in [0, 0.05) is 0 Å². The van der Waals surface area contributed by atoms with E-state index in [4.69, 9.17) is 6.07 Å². The van der Waals surface area contributed by atoms with E-state index in [0.29, 0.717) is 5.59 Å². The van der Waals surface area contributed by atoms with Crippen LogP contribution in [0.1, 0.15) is 20.8 Å². The molecular formula is C8H14B2FN3O2. The van der Waals surface area contributed by atoms with Crippen LogP contribution >= 0.6 is 0 Å². The Hall–Kier alpha value is -1.46. The Labute approximate surface area is 96.4 Å². The summed E-state index contributed by atoms with van der Waals surface area (Å²) in [5, 5.41) is 6.16. The number of amides is 1. The van der Waals surface area contributed by atoms with Crippen LogP contribution in [0.4, 0.5) is 14.9 Å². The highest BCUT2D eigenvalue weighted by molar-refractivity contribution is 6.37. The topological polar surface area (TPSA) is 56.1 Å². The number of rotatable bonds is 3. The highest BCUT2D eigenvalue weighted by Gasteiger charge is 2.17. The quantitative estimate of drug-likeness (QED) is 0.711. The van der Waals surface area contributed by atoms with Gasteiger partial charge in [0.25, 0.3) is 0 Å². The molecule has 0 saturated heterocycles. The summed E-state index contributed by atoms with van der Waals surface area (Å²) in [6.45, 7) is 5.21. The number of hydrogen-bond donors (Lipinski definition) is 1. The van der Waals surface area contributed by atoms with Gasteiger partial charge in [-0.15, -0.1) is 0 Å². The molecule has 0 aliphatic heterocycles. The van der Waals surface area contributed by atoms with Gasteiger partial charge in [-0.2, -0.15) is 5.10 Å². The van der Waals surface area contributed by atoms with E-state index in [9.17, 15) is 9.11 Å². The van der Waals surface area contributed by atoms with Gasteiger partial charge in [-0.1, -0.05) is 0 Å². The molecule has 1 aromatic rings. The average Bonchev–Trinajstić information content (AvgIpc) is 2.56. The zero-order valence-electron chi connectivity index (χ0n) is 10.6. The lowest BCUT2D eigenvalue weighted by atomic mass is 10.0. The summed E-state index contributed by atoms with van der Waals surface area (Å²) in [7, 11) is -0.933. The Morgan fingerprint density at radius 1 is 1.81 bits per heavy atom. The van der Waals surface area contributed by atoms with Crippen LogP contribution in [0.25, 0.3) is 0 Å². The molecule has 0 aliphatic rings. The third-order valence-electron chi connectivity index (χ3n) is 1.61. The standard InChI is InChI=1S/C8H14B2FN3O2/c1-8(2,3)16-7(15)12-6-4-5(9)14(10-11)13-6/h4,10H,9H2,1-3H3,(H,12,13,15)/i9D. The third kappa shape index (κ3) is 3.60. The van der Waals surface area contributed by atoms with Gasteiger partial charge >= 0.3 is 13.8 Å². The summed E-state index contributed by atoms with van der Waals surface area (Å²) in [6.07, 6.45) is -0.655. The molecule has 8 heteroatoms. The van der Waals surface area contributed by atoms with Gasteiger partial charge in [0.2, 0.25) is 0 Å². The van der Waals surface area contributed by atoms with Gasteiger partial charge in [-0.3, -0.25) is 9.91 Å². The molecule has 16 heavy (non-hydrogen) atoms. The molecule has 1 rings (SSSR count). The summed E-state index contributed by atoms with van der Waals surface area (Å²) >= 11 is 0. The number of nitrogens with one attached hydrogen (secondary N) is 1. The minimum Gasteiger partial charge on any atom is -0.444 e. The third-order valence-corrected chi connectivity index (χ3v) is 1.61. The maximum absolute atomic E-state index is 12.5. The predicted octanol–water partition coefficient (Wildman–Crippen LogP) is -0.427. The molecule has 0 bridgehead atoms. The summed E-state index contributed by atoms with van der Waals surface area (Å²) < 4.78 is 25.7. The lowest BCUT2D eigenvalue weighted by molar-refractivity contribution is 0.0635. The van der Waals surface area contributed by atoms with Crippen LogP contribution < -0.4 is 10.9 Å². The fourth-order valence-electron chi connectivity index (χ4n) is 1.03. The first-order chi connectivity index (χ1) is 7.85. The fraction of sp³-hybridized carbons (Fsp3) is 0.500. The molecule has 1 aromatic heterocycles. The van der Waals surface area contributed by atoms with Crippen molar-refractivity contribution in [3.8, 4) is 0 Å². The predicted molar refractivity (Wildman–Crippen MR) is 63.9 cm³/mol. The first kappa shape index (κ1) is 11.0. The van der Waals surface area contributed by atoms with Crippen molar-refractivity contribution in [2.24, 2.45) is 0 Å². The molecule has 1 N–H and O–H groups in total. The van der Waals surface area contributed by atoms with Crippen molar-refractivity contribution >= 4 is 33.0 Å². The highest BCUT2D eigenvalue weighted by atomic mass is 19.1. The Morgan fingerprint density at radius 2 is 2.50 bits per heavy atom. The molecule has 1 heterocycles. The van der Waals surface area contributed by atoms with E-state index < -0.39 is 19.4 Å². The lowest BCUT2D eigenvalue weighted by Gasteiger charge is -2.19. The lowest BCUT2D eigenvalue weighted by Crippen LogP contribution is -2.27. The van der Waals surface area contributed by atoms with E-state index in [1.165, 1.54) is 6.07 Å². The van der Waals surface area contributed by atoms with Crippen molar-refractivity contribution in [3.05, 3.63) is 6.07 Å². The van der Waals surface area contributed by atoms with E-state index in [1.807, 2.05) is 0 Å². The highest BCUT2D eigenvalue weighted by Crippen LogP contribution is 2.09. The van der Waals surface area contributed by atoms with Crippen LogP contribution in [0.2, 0.25) is 0 Å². The number of hydrogen-bond acceptors (Lipinski definition) is 3. The molecule has 5 nitrogen and oxygen atoms in total. The molecule has 0 atom stereocenters. The van der Waals surface area contributed by atoms with Gasteiger partial charge in [0.15, 0.2) is 13.6 Å². The van der Waals surface area contributed by atoms with Crippen molar-refractivity contribution in [1.29, 1.82) is 1.34 Å². The van der Waals surface area contributed by atoms with E-state index in [0.717, 1.165) is 4.59 Å². The smallest absolute Gasteiger partial charge is 0.444 e. The van der Waals surface area contributed by atoms with Crippen LogP contribution in [-0.2, 0) is 4.74 Å². The Balaban J connectivity index is 2.69. The number of aromatic nitrogens is 2. The molecule has 0 unspecified atom stereocenters. The summed E-state index contributed by atoms with van der Waals surface area (Å²) in [5.41, 5.74) is -0.219. The minimum atomic E-state index is -0.829. The second kappa shape index (κ2) is 4.59. The van der Waals surface area contributed by atoms with E-state index >= 15 is 0 Å². The van der Waals surface area contributed by atoms with Gasteiger partial charge in [0.05, 0.1) is 0 Å². The Bertz CT molecular complexity index is 386. The van der Waals surface area contributed by atoms with E-state index in [2.05, 4.69) is 10.4 Å². The first-order valence-electron chi connectivity index (χ1n) is 5.48. The number of halogens is 1. The van der Waals surface area contributed by atoms with Gasteiger partial charge in [-0.05, 0) is 33.8 Å². The van der Waals surface area contributed by atoms with Gasteiger partial charge in [-0.25, -0.2) is 4.79 Å². The second-order valence-corrected chi connectivity index (χ2v) is 4.27. The average molecular weight is 226 g/mol. The van der Waals surface area contributed by atoms with Crippen LogP contribution in [0.15, 0.2) is 6.07 Å². The minimum absolute atomic E-state index is 0.104. The number of carbonyl (C=O) groups excluding carboxylic acids is 1. The summed E-state index contributed by atoms with van der Waals surface area (Å²) in [4.78, 5) is 11.4. The number of anilines is 1. The Kier molecular flexibility index (Phi) is 3.17. The van der Waals surface area contributed by atoms with Crippen molar-refractivity contribution < 1.29 is 13.8 Å². The maximum Gasteiger partial charge on any atom is 0.464 e. The summed E-state index contributed by atoms with van der Waals surface area (Å²) in [6, 6.07) is 1.44. The molecule has 0 fully saturated rings. The molecule has 1 amide bonds. The van der Waals surface area contributed by atoms with Gasteiger partial charge in [0.1, 0.15) is 5.60 Å². The van der Waals surface area contributed by atoms with Crippen molar-refractivity contribution in [2.45, 2.75) is 26.4 Å². The zero-order valence-corrected chi connectivity index (χ0v) is 9.58. The van der Waals surface area contributed by atoms with Crippen LogP contribution in [-0.4, -0.2) is 38.2 Å². The van der Waals surface area contributed by atoms with Crippen molar-refractivity contribution in [2.75, 3.05) is 5.32 Å². The summed E-state index contributed by atoms with van der Waals surface area (Å²) in [5.74, 6) is 0.180. The maximum atomic E-state index is 12.5. The van der Waals surface area contributed by atoms with Crippen LogP contribution in [0.5, 0.6) is 0 Å². The zero-order chi connectivity index (χ0) is 13.1.